The Kier molecular flexibility index (Phi) is 6.37. The van der Waals surface area contributed by atoms with Crippen LogP contribution in [0.15, 0.2) is 24.5 Å². The summed E-state index contributed by atoms with van der Waals surface area (Å²) in [6.45, 7) is 1.96. The Morgan fingerprint density at radius 2 is 1.86 bits per heavy atom. The molecule has 2 N–H and O–H groups in total. The molecule has 0 aliphatic heterocycles. The van der Waals surface area contributed by atoms with E-state index in [1.807, 2.05) is 19.1 Å². The molecule has 1 heterocycles. The van der Waals surface area contributed by atoms with Crippen molar-refractivity contribution in [1.29, 1.82) is 0 Å². The minimum atomic E-state index is -0.165. The fourth-order valence-corrected chi connectivity index (χ4v) is 2.93. The number of carbonyl (C=O) groups is 2. The molecule has 1 fully saturated rings. The Balaban J connectivity index is 1.67. The zero-order valence-electron chi connectivity index (χ0n) is 13.2. The lowest BCUT2D eigenvalue weighted by molar-refractivity contribution is -0.127. The minimum absolute atomic E-state index is 0.0152. The number of amides is 2. The highest BCUT2D eigenvalue weighted by Crippen LogP contribution is 2.25. The molecule has 0 spiro atoms. The van der Waals surface area contributed by atoms with E-state index in [2.05, 4.69) is 15.6 Å². The first-order chi connectivity index (χ1) is 10.6. The predicted octanol–water partition coefficient (Wildman–Crippen LogP) is 2.35. The van der Waals surface area contributed by atoms with Crippen molar-refractivity contribution in [2.24, 2.45) is 5.92 Å². The van der Waals surface area contributed by atoms with E-state index in [9.17, 15) is 9.59 Å². The molecule has 1 aliphatic rings. The van der Waals surface area contributed by atoms with Gasteiger partial charge in [0.2, 0.25) is 11.8 Å². The second kappa shape index (κ2) is 8.51. The monoisotopic (exact) mass is 303 g/mol. The van der Waals surface area contributed by atoms with Gasteiger partial charge in [0.25, 0.3) is 0 Å². The van der Waals surface area contributed by atoms with Crippen LogP contribution in [-0.2, 0) is 9.59 Å². The number of hydrogen-bond acceptors (Lipinski definition) is 3. The zero-order valence-corrected chi connectivity index (χ0v) is 13.2. The van der Waals surface area contributed by atoms with E-state index >= 15 is 0 Å². The van der Waals surface area contributed by atoms with E-state index in [0.717, 1.165) is 18.4 Å². The molecule has 5 nitrogen and oxygen atoms in total. The molecule has 0 saturated heterocycles. The molecule has 1 aromatic rings. The van der Waals surface area contributed by atoms with Gasteiger partial charge in [-0.1, -0.05) is 19.3 Å². The molecule has 1 saturated carbocycles. The van der Waals surface area contributed by atoms with E-state index in [-0.39, 0.29) is 24.4 Å². The van der Waals surface area contributed by atoms with Gasteiger partial charge in [-0.25, -0.2) is 0 Å². The third kappa shape index (κ3) is 5.47. The molecular formula is C17H25N3O2. The second-order valence-corrected chi connectivity index (χ2v) is 6.05. The maximum absolute atomic E-state index is 11.9. The van der Waals surface area contributed by atoms with E-state index in [1.165, 1.54) is 19.3 Å². The van der Waals surface area contributed by atoms with Gasteiger partial charge in [0, 0.05) is 18.8 Å². The molecule has 2 amide bonds. The highest BCUT2D eigenvalue weighted by molar-refractivity contribution is 5.84. The van der Waals surface area contributed by atoms with Crippen molar-refractivity contribution in [3.63, 3.8) is 0 Å². The molecule has 120 valence electrons. The van der Waals surface area contributed by atoms with Gasteiger partial charge >= 0.3 is 0 Å². The average Bonchev–Trinajstić information content (AvgIpc) is 2.55. The van der Waals surface area contributed by atoms with Crippen molar-refractivity contribution < 1.29 is 9.59 Å². The van der Waals surface area contributed by atoms with Crippen LogP contribution in [0.5, 0.6) is 0 Å². The molecule has 0 bridgehead atoms. The number of carbonyl (C=O) groups excluding carboxylic acids is 2. The summed E-state index contributed by atoms with van der Waals surface area (Å²) in [6.07, 6.45) is 9.95. The van der Waals surface area contributed by atoms with Crippen molar-refractivity contribution in [3.8, 4) is 0 Å². The first kappa shape index (κ1) is 16.5. The molecule has 0 unspecified atom stereocenters. The van der Waals surface area contributed by atoms with Gasteiger partial charge < -0.3 is 10.6 Å². The summed E-state index contributed by atoms with van der Waals surface area (Å²) < 4.78 is 0. The van der Waals surface area contributed by atoms with Gasteiger partial charge in [-0.2, -0.15) is 0 Å². The summed E-state index contributed by atoms with van der Waals surface area (Å²) in [7, 11) is 0. The largest absolute Gasteiger partial charge is 0.348 e. The summed E-state index contributed by atoms with van der Waals surface area (Å²) >= 11 is 0. The third-order valence-electron chi connectivity index (χ3n) is 4.23. The first-order valence-corrected chi connectivity index (χ1v) is 8.11. The Morgan fingerprint density at radius 3 is 2.55 bits per heavy atom. The summed E-state index contributed by atoms with van der Waals surface area (Å²) in [5.41, 5.74) is 0.997. The lowest BCUT2D eigenvalue weighted by Crippen LogP contribution is -2.38. The maximum atomic E-state index is 11.9. The first-order valence-electron chi connectivity index (χ1n) is 8.11. The van der Waals surface area contributed by atoms with Crippen LogP contribution in [-0.4, -0.2) is 23.3 Å². The average molecular weight is 303 g/mol. The van der Waals surface area contributed by atoms with Crippen molar-refractivity contribution in [3.05, 3.63) is 30.1 Å². The summed E-state index contributed by atoms with van der Waals surface area (Å²) in [6, 6.07) is 3.64. The van der Waals surface area contributed by atoms with E-state index in [4.69, 9.17) is 0 Å². The van der Waals surface area contributed by atoms with Crippen LogP contribution in [0, 0.1) is 5.92 Å². The van der Waals surface area contributed by atoms with Crippen molar-refractivity contribution in [2.75, 3.05) is 6.54 Å². The number of nitrogens with one attached hydrogen (secondary N) is 2. The van der Waals surface area contributed by atoms with Crippen LogP contribution in [0.1, 0.15) is 57.1 Å². The van der Waals surface area contributed by atoms with E-state index in [1.54, 1.807) is 12.4 Å². The number of nitrogens with zero attached hydrogens (tertiary/aromatic N) is 1. The standard InChI is InChI=1S/C17H25N3O2/c1-13(15-7-9-18-10-8-15)20-17(22)12-19-16(21)11-14-5-3-2-4-6-14/h7-10,13-14H,2-6,11-12H2,1H3,(H,19,21)(H,20,22)/t13-/m1/s1. The van der Waals surface area contributed by atoms with Gasteiger partial charge in [-0.15, -0.1) is 0 Å². The van der Waals surface area contributed by atoms with Gasteiger partial charge in [-0.05, 0) is 43.4 Å². The van der Waals surface area contributed by atoms with Crippen LogP contribution in [0.4, 0.5) is 0 Å². The summed E-state index contributed by atoms with van der Waals surface area (Å²) in [5.74, 6) is 0.312. The van der Waals surface area contributed by atoms with Gasteiger partial charge in [0.1, 0.15) is 0 Å². The fourth-order valence-electron chi connectivity index (χ4n) is 2.93. The van der Waals surface area contributed by atoms with Crippen LogP contribution >= 0.6 is 0 Å². The Morgan fingerprint density at radius 1 is 1.18 bits per heavy atom. The molecule has 0 aromatic carbocycles. The zero-order chi connectivity index (χ0) is 15.8. The lowest BCUT2D eigenvalue weighted by atomic mass is 9.87. The smallest absolute Gasteiger partial charge is 0.239 e. The predicted molar refractivity (Wildman–Crippen MR) is 85.0 cm³/mol. The number of hydrogen-bond donors (Lipinski definition) is 2. The highest BCUT2D eigenvalue weighted by atomic mass is 16.2. The number of rotatable bonds is 6. The molecule has 22 heavy (non-hydrogen) atoms. The molecule has 2 rings (SSSR count). The second-order valence-electron chi connectivity index (χ2n) is 6.05. The number of pyridine rings is 1. The van der Waals surface area contributed by atoms with Gasteiger partial charge in [0.15, 0.2) is 0 Å². The van der Waals surface area contributed by atoms with E-state index in [0.29, 0.717) is 12.3 Å². The normalized spacial score (nSPS) is 16.8. The fraction of sp³-hybridized carbons (Fsp3) is 0.588. The Labute approximate surface area is 131 Å². The molecule has 1 atom stereocenters. The Bertz CT molecular complexity index is 484. The highest BCUT2D eigenvalue weighted by Gasteiger charge is 2.17. The molecule has 5 heteroatoms. The maximum Gasteiger partial charge on any atom is 0.239 e. The molecular weight excluding hydrogens is 278 g/mol. The molecule has 1 aliphatic carbocycles. The summed E-state index contributed by atoms with van der Waals surface area (Å²) in [4.78, 5) is 27.7. The van der Waals surface area contributed by atoms with Crippen LogP contribution < -0.4 is 10.6 Å². The van der Waals surface area contributed by atoms with Crippen LogP contribution in [0.2, 0.25) is 0 Å². The summed E-state index contributed by atoms with van der Waals surface area (Å²) in [5, 5.41) is 5.60. The van der Waals surface area contributed by atoms with E-state index < -0.39 is 0 Å². The van der Waals surface area contributed by atoms with Crippen LogP contribution in [0.25, 0.3) is 0 Å². The lowest BCUT2D eigenvalue weighted by Gasteiger charge is -2.21. The van der Waals surface area contributed by atoms with Crippen molar-refractivity contribution in [2.45, 2.75) is 51.5 Å². The topological polar surface area (TPSA) is 71.1 Å². The van der Waals surface area contributed by atoms with Gasteiger partial charge in [0.05, 0.1) is 12.6 Å². The number of aromatic nitrogens is 1. The van der Waals surface area contributed by atoms with Crippen LogP contribution in [0.3, 0.4) is 0 Å². The molecule has 1 aromatic heterocycles. The third-order valence-corrected chi connectivity index (χ3v) is 4.23. The quantitative estimate of drug-likeness (QED) is 0.847. The molecule has 0 radical (unpaired) electrons. The SMILES string of the molecule is C[C@@H](NC(=O)CNC(=O)CC1CCCCC1)c1ccncc1. The van der Waals surface area contributed by atoms with Crippen molar-refractivity contribution >= 4 is 11.8 Å². The van der Waals surface area contributed by atoms with Crippen molar-refractivity contribution in [1.82, 2.24) is 15.6 Å². The van der Waals surface area contributed by atoms with Gasteiger partial charge in [-0.3, -0.25) is 14.6 Å². The minimum Gasteiger partial charge on any atom is -0.348 e. The Hall–Kier alpha value is -1.91.